The molecule has 0 aromatic heterocycles. The van der Waals surface area contributed by atoms with Crippen molar-refractivity contribution in [3.8, 4) is 0 Å². The number of aryl methyl sites for hydroxylation is 3. The largest absolute Gasteiger partial charge is 0.0621 e. The first-order valence-corrected chi connectivity index (χ1v) is 11.0. The van der Waals surface area contributed by atoms with E-state index in [2.05, 4.69) is 77.1 Å². The van der Waals surface area contributed by atoms with Crippen molar-refractivity contribution >= 4 is 10.8 Å². The summed E-state index contributed by atoms with van der Waals surface area (Å²) in [6.45, 7) is 11.8. The van der Waals surface area contributed by atoms with Crippen molar-refractivity contribution < 1.29 is 0 Å². The van der Waals surface area contributed by atoms with Crippen LogP contribution in [0.5, 0.6) is 0 Å². The van der Waals surface area contributed by atoms with Gasteiger partial charge in [-0.1, -0.05) is 61.4 Å². The van der Waals surface area contributed by atoms with Gasteiger partial charge in [-0.2, -0.15) is 0 Å². The molecule has 28 heavy (non-hydrogen) atoms. The van der Waals surface area contributed by atoms with Crippen LogP contribution >= 0.6 is 0 Å². The van der Waals surface area contributed by atoms with Crippen molar-refractivity contribution in [3.05, 3.63) is 81.4 Å². The summed E-state index contributed by atoms with van der Waals surface area (Å²) in [5.41, 5.74) is 11.0. The van der Waals surface area contributed by atoms with Gasteiger partial charge < -0.3 is 0 Å². The Balaban J connectivity index is 1.85. The van der Waals surface area contributed by atoms with E-state index in [1.54, 1.807) is 22.3 Å². The molecule has 3 aromatic carbocycles. The number of rotatable bonds is 0. The van der Waals surface area contributed by atoms with E-state index in [1.807, 2.05) is 0 Å². The molecular formula is C28H32. The summed E-state index contributed by atoms with van der Waals surface area (Å²) >= 11 is 0. The van der Waals surface area contributed by atoms with Crippen LogP contribution in [-0.4, -0.2) is 0 Å². The fourth-order valence-electron chi connectivity index (χ4n) is 6.52. The van der Waals surface area contributed by atoms with Crippen LogP contribution in [0.1, 0.15) is 65.6 Å². The molecule has 0 heteroatoms. The van der Waals surface area contributed by atoms with Gasteiger partial charge in [0.2, 0.25) is 0 Å². The van der Waals surface area contributed by atoms with Crippen LogP contribution in [0.15, 0.2) is 42.5 Å². The van der Waals surface area contributed by atoms with Gasteiger partial charge in [-0.3, -0.25) is 0 Å². The molecule has 0 N–H and O–H groups in total. The fourth-order valence-corrected chi connectivity index (χ4v) is 6.52. The number of hydrogen-bond acceptors (Lipinski definition) is 0. The van der Waals surface area contributed by atoms with Crippen LogP contribution in [-0.2, 0) is 18.3 Å². The standard InChI is InChI=1S/C28H32/c1-17-6-8-24-21(5)25-13-20(4)16-28(27(25)14-22(24)10-17)15-19(3)12-23-11-18(2)7-9-26(23)28/h6-11,14,19-20H,12-13,15-16H2,1-5H3. The van der Waals surface area contributed by atoms with Gasteiger partial charge in [-0.05, 0) is 103 Å². The third kappa shape index (κ3) is 2.57. The molecule has 144 valence electrons. The van der Waals surface area contributed by atoms with Crippen molar-refractivity contribution in [1.29, 1.82) is 0 Å². The van der Waals surface area contributed by atoms with Gasteiger partial charge in [0, 0.05) is 5.41 Å². The molecule has 0 saturated heterocycles. The molecule has 1 spiro atoms. The average Bonchev–Trinajstić information content (AvgIpc) is 2.62. The second kappa shape index (κ2) is 6.21. The van der Waals surface area contributed by atoms with E-state index in [1.165, 1.54) is 53.1 Å². The lowest BCUT2D eigenvalue weighted by Gasteiger charge is -2.48. The molecule has 3 atom stereocenters. The van der Waals surface area contributed by atoms with Gasteiger partial charge in [0.1, 0.15) is 0 Å². The van der Waals surface area contributed by atoms with Crippen molar-refractivity contribution in [1.82, 2.24) is 0 Å². The molecular weight excluding hydrogens is 336 g/mol. The van der Waals surface area contributed by atoms with E-state index < -0.39 is 0 Å². The summed E-state index contributed by atoms with van der Waals surface area (Å²) in [5, 5.41) is 2.87. The lowest BCUT2D eigenvalue weighted by Crippen LogP contribution is -2.41. The Morgan fingerprint density at radius 2 is 1.43 bits per heavy atom. The second-order valence-corrected chi connectivity index (χ2v) is 10.0. The third-order valence-corrected chi connectivity index (χ3v) is 7.50. The molecule has 2 aliphatic carbocycles. The average molecular weight is 369 g/mol. The highest BCUT2D eigenvalue weighted by atomic mass is 14.5. The number of benzene rings is 3. The summed E-state index contributed by atoms with van der Waals surface area (Å²) in [5.74, 6) is 1.47. The maximum absolute atomic E-state index is 2.57. The second-order valence-electron chi connectivity index (χ2n) is 10.0. The highest BCUT2D eigenvalue weighted by Gasteiger charge is 2.45. The molecule has 3 unspecified atom stereocenters. The Hall–Kier alpha value is -2.08. The summed E-state index contributed by atoms with van der Waals surface area (Å²) in [7, 11) is 0. The van der Waals surface area contributed by atoms with Gasteiger partial charge in [0.25, 0.3) is 0 Å². The molecule has 5 rings (SSSR count). The normalized spacial score (nSPS) is 26.3. The number of fused-ring (bicyclic) bond motifs is 5. The fraction of sp³-hybridized carbons (Fsp3) is 0.429. The van der Waals surface area contributed by atoms with E-state index >= 15 is 0 Å². The van der Waals surface area contributed by atoms with Gasteiger partial charge in [0.15, 0.2) is 0 Å². The van der Waals surface area contributed by atoms with E-state index in [9.17, 15) is 0 Å². The highest BCUT2D eigenvalue weighted by molar-refractivity contribution is 5.89. The summed E-state index contributed by atoms with van der Waals surface area (Å²) in [4.78, 5) is 0. The van der Waals surface area contributed by atoms with Gasteiger partial charge in [0.05, 0.1) is 0 Å². The van der Waals surface area contributed by atoms with Crippen molar-refractivity contribution in [2.45, 2.75) is 65.7 Å². The third-order valence-electron chi connectivity index (χ3n) is 7.50. The van der Waals surface area contributed by atoms with E-state index in [0.717, 1.165) is 11.8 Å². The van der Waals surface area contributed by atoms with Crippen molar-refractivity contribution in [2.75, 3.05) is 0 Å². The molecule has 0 radical (unpaired) electrons. The lowest BCUT2D eigenvalue weighted by molar-refractivity contribution is 0.270. The first-order valence-electron chi connectivity index (χ1n) is 11.0. The maximum atomic E-state index is 2.57. The van der Waals surface area contributed by atoms with E-state index in [-0.39, 0.29) is 5.41 Å². The zero-order chi connectivity index (χ0) is 19.6. The predicted octanol–water partition coefficient (Wildman–Crippen LogP) is 7.22. The van der Waals surface area contributed by atoms with Crippen LogP contribution in [0.3, 0.4) is 0 Å². The zero-order valence-corrected chi connectivity index (χ0v) is 18.0. The Kier molecular flexibility index (Phi) is 3.99. The SMILES string of the molecule is Cc1ccc2c(c1)CC(C)CC21CC(C)Cc2c1cc1cc(C)ccc1c2C. The van der Waals surface area contributed by atoms with Gasteiger partial charge in [-0.15, -0.1) is 0 Å². The minimum absolute atomic E-state index is 0.191. The minimum Gasteiger partial charge on any atom is -0.0621 e. The molecule has 0 nitrogen and oxygen atoms in total. The Bertz CT molecular complexity index is 1080. The van der Waals surface area contributed by atoms with Crippen LogP contribution in [0.25, 0.3) is 10.8 Å². The minimum atomic E-state index is 0.191. The zero-order valence-electron chi connectivity index (χ0n) is 18.0. The van der Waals surface area contributed by atoms with Gasteiger partial charge >= 0.3 is 0 Å². The highest BCUT2D eigenvalue weighted by Crippen LogP contribution is 2.54. The van der Waals surface area contributed by atoms with E-state index in [4.69, 9.17) is 0 Å². The Morgan fingerprint density at radius 1 is 0.750 bits per heavy atom. The van der Waals surface area contributed by atoms with Crippen LogP contribution in [0.4, 0.5) is 0 Å². The Morgan fingerprint density at radius 3 is 2.21 bits per heavy atom. The summed E-state index contributed by atoms with van der Waals surface area (Å²) < 4.78 is 0. The van der Waals surface area contributed by atoms with Crippen LogP contribution < -0.4 is 0 Å². The topological polar surface area (TPSA) is 0 Å². The molecule has 0 saturated carbocycles. The van der Waals surface area contributed by atoms with Crippen molar-refractivity contribution in [2.24, 2.45) is 11.8 Å². The smallest absolute Gasteiger partial charge is 0.0214 e. The molecule has 0 bridgehead atoms. The number of hydrogen-bond donors (Lipinski definition) is 0. The van der Waals surface area contributed by atoms with Crippen LogP contribution in [0, 0.1) is 32.6 Å². The Labute approximate surface area is 170 Å². The maximum Gasteiger partial charge on any atom is 0.0214 e. The lowest BCUT2D eigenvalue weighted by atomic mass is 9.55. The van der Waals surface area contributed by atoms with Gasteiger partial charge in [-0.25, -0.2) is 0 Å². The molecule has 0 heterocycles. The first kappa shape index (κ1) is 18.0. The molecule has 0 aliphatic heterocycles. The summed E-state index contributed by atoms with van der Waals surface area (Å²) in [6.07, 6.45) is 5.03. The van der Waals surface area contributed by atoms with Crippen LogP contribution in [0.2, 0.25) is 0 Å². The first-order chi connectivity index (χ1) is 13.4. The predicted molar refractivity (Wildman–Crippen MR) is 120 cm³/mol. The monoisotopic (exact) mass is 368 g/mol. The van der Waals surface area contributed by atoms with E-state index in [0.29, 0.717) is 0 Å². The molecule has 3 aromatic rings. The quantitative estimate of drug-likeness (QED) is 0.393. The summed E-state index contributed by atoms with van der Waals surface area (Å²) in [6, 6.07) is 16.8. The molecule has 0 amide bonds. The molecule has 2 aliphatic rings. The van der Waals surface area contributed by atoms with Crippen molar-refractivity contribution in [3.63, 3.8) is 0 Å². The molecule has 0 fully saturated rings.